The van der Waals surface area contributed by atoms with Gasteiger partial charge in [-0.2, -0.15) is 0 Å². The van der Waals surface area contributed by atoms with Crippen molar-refractivity contribution in [3.8, 4) is 0 Å². The highest BCUT2D eigenvalue weighted by molar-refractivity contribution is 9.10. The summed E-state index contributed by atoms with van der Waals surface area (Å²) in [6, 6.07) is 11.9. The van der Waals surface area contributed by atoms with Crippen LogP contribution in [0, 0.1) is 6.92 Å². The highest BCUT2D eigenvalue weighted by Gasteiger charge is 2.02. The summed E-state index contributed by atoms with van der Waals surface area (Å²) in [4.78, 5) is 0. The van der Waals surface area contributed by atoms with Crippen molar-refractivity contribution in [2.75, 3.05) is 11.1 Å². The topological polar surface area (TPSA) is 38.0 Å². The van der Waals surface area contributed by atoms with Crippen LogP contribution in [0.1, 0.15) is 5.56 Å². The van der Waals surface area contributed by atoms with Crippen LogP contribution in [0.4, 0.5) is 17.1 Å². The van der Waals surface area contributed by atoms with Crippen molar-refractivity contribution < 1.29 is 0 Å². The van der Waals surface area contributed by atoms with Gasteiger partial charge >= 0.3 is 0 Å². The minimum atomic E-state index is 0.745. The molecule has 2 aromatic rings. The quantitative estimate of drug-likeness (QED) is 0.756. The monoisotopic (exact) mass is 354 g/mol. The molecule has 88 valence electrons. The number of hydrogen-bond donors (Lipinski definition) is 2. The number of aryl methyl sites for hydroxylation is 1. The summed E-state index contributed by atoms with van der Waals surface area (Å²) in [6.07, 6.45) is 0. The molecule has 0 unspecified atom stereocenters. The molecule has 0 atom stereocenters. The zero-order chi connectivity index (χ0) is 12.4. The fourth-order valence-electron chi connectivity index (χ4n) is 1.51. The molecule has 0 spiro atoms. The molecule has 4 heteroatoms. The van der Waals surface area contributed by atoms with Gasteiger partial charge in [-0.05, 0) is 64.8 Å². The molecule has 17 heavy (non-hydrogen) atoms. The normalized spacial score (nSPS) is 10.3. The molecule has 0 amide bonds. The van der Waals surface area contributed by atoms with Crippen LogP contribution in [0.2, 0.25) is 0 Å². The third kappa shape index (κ3) is 3.01. The van der Waals surface area contributed by atoms with Gasteiger partial charge in [0.15, 0.2) is 0 Å². The number of halogens is 2. The first-order valence-electron chi connectivity index (χ1n) is 5.14. The number of hydrogen-bond acceptors (Lipinski definition) is 2. The molecule has 0 aromatic heterocycles. The largest absolute Gasteiger partial charge is 0.399 e. The van der Waals surface area contributed by atoms with E-state index in [4.69, 9.17) is 5.73 Å². The minimum absolute atomic E-state index is 0.745. The number of anilines is 3. The second-order valence-corrected chi connectivity index (χ2v) is 5.54. The number of nitrogens with one attached hydrogen (secondary N) is 1. The molecule has 0 aliphatic heterocycles. The fourth-order valence-corrected chi connectivity index (χ4v) is 2.25. The molecule has 0 saturated carbocycles. The maximum Gasteiger partial charge on any atom is 0.0530 e. The van der Waals surface area contributed by atoms with Crippen molar-refractivity contribution in [3.05, 3.63) is 50.9 Å². The number of benzene rings is 2. The molecule has 0 saturated heterocycles. The fraction of sp³-hybridized carbons (Fsp3) is 0.0769. The Morgan fingerprint density at radius 3 is 2.41 bits per heavy atom. The lowest BCUT2D eigenvalue weighted by Crippen LogP contribution is -1.93. The smallest absolute Gasteiger partial charge is 0.0530 e. The summed E-state index contributed by atoms with van der Waals surface area (Å²) < 4.78 is 2.07. The van der Waals surface area contributed by atoms with Crippen molar-refractivity contribution >= 4 is 48.9 Å². The number of nitrogen functional groups attached to an aromatic ring is 1. The molecule has 0 aliphatic rings. The van der Waals surface area contributed by atoms with Gasteiger partial charge in [0.2, 0.25) is 0 Å². The average Bonchev–Trinajstić information content (AvgIpc) is 2.27. The third-order valence-corrected chi connectivity index (χ3v) is 3.98. The molecular weight excluding hydrogens is 344 g/mol. The van der Waals surface area contributed by atoms with Gasteiger partial charge in [0.1, 0.15) is 0 Å². The Morgan fingerprint density at radius 2 is 1.76 bits per heavy atom. The van der Waals surface area contributed by atoms with Gasteiger partial charge in [0, 0.05) is 20.3 Å². The van der Waals surface area contributed by atoms with E-state index in [0.717, 1.165) is 26.0 Å². The van der Waals surface area contributed by atoms with E-state index < -0.39 is 0 Å². The SMILES string of the molecule is Cc1cc(Nc2ccc(N)cc2Br)ccc1Br. The Morgan fingerprint density at radius 1 is 1.00 bits per heavy atom. The lowest BCUT2D eigenvalue weighted by atomic mass is 10.2. The third-order valence-electron chi connectivity index (χ3n) is 2.43. The Labute approximate surface area is 117 Å². The van der Waals surface area contributed by atoms with E-state index in [0.29, 0.717) is 0 Å². The summed E-state index contributed by atoms with van der Waals surface area (Å²) >= 11 is 6.97. The van der Waals surface area contributed by atoms with Crippen molar-refractivity contribution in [1.82, 2.24) is 0 Å². The van der Waals surface area contributed by atoms with Crippen molar-refractivity contribution in [3.63, 3.8) is 0 Å². The average molecular weight is 356 g/mol. The van der Waals surface area contributed by atoms with Crippen LogP contribution in [0.25, 0.3) is 0 Å². The molecule has 0 radical (unpaired) electrons. The molecule has 2 rings (SSSR count). The maximum absolute atomic E-state index is 5.70. The zero-order valence-corrected chi connectivity index (χ0v) is 12.5. The zero-order valence-electron chi connectivity index (χ0n) is 9.30. The van der Waals surface area contributed by atoms with E-state index in [1.54, 1.807) is 0 Å². The molecule has 2 aromatic carbocycles. The summed E-state index contributed by atoms with van der Waals surface area (Å²) in [5.74, 6) is 0. The van der Waals surface area contributed by atoms with Crippen LogP contribution in [-0.2, 0) is 0 Å². The molecule has 3 N–H and O–H groups in total. The van der Waals surface area contributed by atoms with E-state index >= 15 is 0 Å². The molecule has 0 aliphatic carbocycles. The van der Waals surface area contributed by atoms with Crippen molar-refractivity contribution in [2.45, 2.75) is 6.92 Å². The molecule has 2 nitrogen and oxygen atoms in total. The van der Waals surface area contributed by atoms with Gasteiger partial charge < -0.3 is 11.1 Å². The summed E-state index contributed by atoms with van der Waals surface area (Å²) in [7, 11) is 0. The van der Waals surface area contributed by atoms with Crippen LogP contribution in [0.15, 0.2) is 45.3 Å². The predicted octanol–water partition coefficient (Wildman–Crippen LogP) is 4.85. The molecule has 0 heterocycles. The van der Waals surface area contributed by atoms with Gasteiger partial charge in [-0.3, -0.25) is 0 Å². The number of rotatable bonds is 2. The first-order chi connectivity index (χ1) is 8.06. The minimum Gasteiger partial charge on any atom is -0.399 e. The predicted molar refractivity (Wildman–Crippen MR) is 80.7 cm³/mol. The van der Waals surface area contributed by atoms with Crippen LogP contribution in [-0.4, -0.2) is 0 Å². The Hall–Kier alpha value is -1.000. The number of nitrogens with two attached hydrogens (primary N) is 1. The van der Waals surface area contributed by atoms with Crippen LogP contribution in [0.5, 0.6) is 0 Å². The van der Waals surface area contributed by atoms with E-state index in [1.165, 1.54) is 5.56 Å². The summed E-state index contributed by atoms with van der Waals surface area (Å²) in [5, 5.41) is 3.34. The standard InChI is InChI=1S/C13H12Br2N2/c1-8-6-10(3-4-11(8)14)17-13-5-2-9(16)7-12(13)15/h2-7,17H,16H2,1H3. The van der Waals surface area contributed by atoms with Gasteiger partial charge in [-0.1, -0.05) is 15.9 Å². The van der Waals surface area contributed by atoms with Gasteiger partial charge in [-0.25, -0.2) is 0 Å². The molecule has 0 bridgehead atoms. The summed E-state index contributed by atoms with van der Waals surface area (Å²) in [6.45, 7) is 2.06. The van der Waals surface area contributed by atoms with E-state index in [2.05, 4.69) is 50.2 Å². The van der Waals surface area contributed by atoms with Crippen LogP contribution >= 0.6 is 31.9 Å². The van der Waals surface area contributed by atoms with Crippen LogP contribution in [0.3, 0.4) is 0 Å². The van der Waals surface area contributed by atoms with Gasteiger partial charge in [0.25, 0.3) is 0 Å². The molecular formula is C13H12Br2N2. The highest BCUT2D eigenvalue weighted by atomic mass is 79.9. The highest BCUT2D eigenvalue weighted by Crippen LogP contribution is 2.29. The van der Waals surface area contributed by atoms with Gasteiger partial charge in [0.05, 0.1) is 5.69 Å². The first kappa shape index (κ1) is 12.5. The Bertz CT molecular complexity index is 553. The second kappa shape index (κ2) is 5.10. The lowest BCUT2D eigenvalue weighted by molar-refractivity contribution is 1.41. The van der Waals surface area contributed by atoms with Crippen molar-refractivity contribution in [2.24, 2.45) is 0 Å². The van der Waals surface area contributed by atoms with E-state index in [9.17, 15) is 0 Å². The summed E-state index contributed by atoms with van der Waals surface area (Å²) in [5.41, 5.74) is 9.69. The van der Waals surface area contributed by atoms with Gasteiger partial charge in [-0.15, -0.1) is 0 Å². The Balaban J connectivity index is 2.28. The maximum atomic E-state index is 5.70. The second-order valence-electron chi connectivity index (χ2n) is 3.83. The Kier molecular flexibility index (Phi) is 3.74. The van der Waals surface area contributed by atoms with Crippen molar-refractivity contribution in [1.29, 1.82) is 0 Å². The van der Waals surface area contributed by atoms with E-state index in [-0.39, 0.29) is 0 Å². The van der Waals surface area contributed by atoms with E-state index in [1.807, 2.05) is 30.3 Å². The molecule has 0 fully saturated rings. The lowest BCUT2D eigenvalue weighted by Gasteiger charge is -2.10. The van der Waals surface area contributed by atoms with Crippen LogP contribution < -0.4 is 11.1 Å². The first-order valence-corrected chi connectivity index (χ1v) is 6.73.